The maximum absolute atomic E-state index is 14.6. The van der Waals surface area contributed by atoms with Gasteiger partial charge >= 0.3 is 6.03 Å². The molecule has 7 nitrogen and oxygen atoms in total. The Balaban J connectivity index is 1.81. The summed E-state index contributed by atoms with van der Waals surface area (Å²) in [6.45, 7) is 0.175. The zero-order chi connectivity index (χ0) is 21.4. The van der Waals surface area contributed by atoms with Crippen molar-refractivity contribution in [1.29, 1.82) is 0 Å². The number of anilines is 3. The third kappa shape index (κ3) is 3.20. The normalized spacial score (nSPS) is 11.0. The molecule has 9 heteroatoms. The summed E-state index contributed by atoms with van der Waals surface area (Å²) in [6, 6.07) is 12.5. The van der Waals surface area contributed by atoms with Crippen LogP contribution in [0.15, 0.2) is 54.6 Å². The Morgan fingerprint density at radius 2 is 1.73 bits per heavy atom. The predicted octanol–water partition coefficient (Wildman–Crippen LogP) is 3.77. The van der Waals surface area contributed by atoms with E-state index in [1.54, 1.807) is 30.3 Å². The van der Waals surface area contributed by atoms with Crippen LogP contribution in [-0.4, -0.2) is 16.2 Å². The second-order valence-electron chi connectivity index (χ2n) is 6.66. The van der Waals surface area contributed by atoms with E-state index in [2.05, 4.69) is 10.2 Å². The summed E-state index contributed by atoms with van der Waals surface area (Å²) in [4.78, 5) is 13.1. The van der Waals surface area contributed by atoms with E-state index in [0.29, 0.717) is 27.7 Å². The van der Waals surface area contributed by atoms with Crippen LogP contribution in [0.5, 0.6) is 0 Å². The van der Waals surface area contributed by atoms with Crippen LogP contribution in [0.4, 0.5) is 30.8 Å². The third-order valence-electron chi connectivity index (χ3n) is 4.83. The zero-order valence-electron chi connectivity index (χ0n) is 15.7. The van der Waals surface area contributed by atoms with Crippen LogP contribution in [0.2, 0.25) is 0 Å². The second kappa shape index (κ2) is 7.45. The van der Waals surface area contributed by atoms with E-state index in [0.717, 1.165) is 4.90 Å². The van der Waals surface area contributed by atoms with Crippen LogP contribution in [-0.2, 0) is 6.54 Å². The molecular formula is C21H18F2N6O. The molecule has 30 heavy (non-hydrogen) atoms. The van der Waals surface area contributed by atoms with Gasteiger partial charge in [-0.3, -0.25) is 10.00 Å². The number of carbonyl (C=O) groups is 1. The Morgan fingerprint density at radius 1 is 1.03 bits per heavy atom. The molecule has 7 N–H and O–H groups in total. The second-order valence-corrected chi connectivity index (χ2v) is 6.66. The number of rotatable bonds is 4. The standard InChI is InChI=1S/C21H18F2N6O/c22-14-6-1-11(10-24)9-17(14)29(21(26)30)13-4-2-12(3-5-13)18-15(23)7-8-16-19(18)20(25)28-27-16/h1-9H,10,24H2,(H2,26,30)(H3,25,27,28). The summed E-state index contributed by atoms with van der Waals surface area (Å²) in [7, 11) is 0. The summed E-state index contributed by atoms with van der Waals surface area (Å²) in [5.41, 5.74) is 19.3. The highest BCUT2D eigenvalue weighted by Crippen LogP contribution is 2.36. The quantitative estimate of drug-likeness (QED) is 0.410. The first kappa shape index (κ1) is 19.3. The summed E-state index contributed by atoms with van der Waals surface area (Å²) in [5.74, 6) is -0.933. The smallest absolute Gasteiger partial charge is 0.323 e. The fourth-order valence-corrected chi connectivity index (χ4v) is 3.41. The molecule has 0 atom stereocenters. The number of fused-ring (bicyclic) bond motifs is 1. The molecule has 0 aliphatic heterocycles. The van der Waals surface area contributed by atoms with Gasteiger partial charge in [0.15, 0.2) is 5.82 Å². The zero-order valence-corrected chi connectivity index (χ0v) is 15.7. The number of aromatic nitrogens is 2. The van der Waals surface area contributed by atoms with Crippen molar-refractivity contribution in [2.45, 2.75) is 6.54 Å². The van der Waals surface area contributed by atoms with Gasteiger partial charge in [0.1, 0.15) is 11.6 Å². The number of nitrogens with one attached hydrogen (secondary N) is 1. The molecule has 1 heterocycles. The van der Waals surface area contributed by atoms with E-state index in [1.807, 2.05) is 0 Å². The summed E-state index contributed by atoms with van der Waals surface area (Å²) >= 11 is 0. The van der Waals surface area contributed by atoms with Crippen LogP contribution in [0.25, 0.3) is 22.0 Å². The summed E-state index contributed by atoms with van der Waals surface area (Å²) in [6.07, 6.45) is 0. The fraction of sp³-hybridized carbons (Fsp3) is 0.0476. The Labute approximate surface area is 170 Å². The Bertz CT molecular complexity index is 1250. The molecule has 3 aromatic carbocycles. The van der Waals surface area contributed by atoms with Gasteiger partial charge in [-0.1, -0.05) is 18.2 Å². The highest BCUT2D eigenvalue weighted by Gasteiger charge is 2.20. The molecule has 0 aliphatic carbocycles. The first-order valence-electron chi connectivity index (χ1n) is 9.01. The third-order valence-corrected chi connectivity index (χ3v) is 4.83. The van der Waals surface area contributed by atoms with E-state index in [4.69, 9.17) is 17.2 Å². The van der Waals surface area contributed by atoms with Gasteiger partial charge in [-0.05, 0) is 47.5 Å². The van der Waals surface area contributed by atoms with Crippen LogP contribution in [0.1, 0.15) is 5.56 Å². The van der Waals surface area contributed by atoms with Crippen LogP contribution >= 0.6 is 0 Å². The number of H-pyrrole nitrogens is 1. The molecule has 0 spiro atoms. The Kier molecular flexibility index (Phi) is 4.80. The van der Waals surface area contributed by atoms with Gasteiger partial charge in [0, 0.05) is 12.1 Å². The number of urea groups is 1. The molecule has 0 saturated carbocycles. The van der Waals surface area contributed by atoms with Gasteiger partial charge in [-0.2, -0.15) is 5.10 Å². The first-order valence-corrected chi connectivity index (χ1v) is 9.01. The molecule has 4 aromatic rings. The molecular weight excluding hydrogens is 390 g/mol. The van der Waals surface area contributed by atoms with E-state index in [9.17, 15) is 13.6 Å². The minimum absolute atomic E-state index is 0.0226. The van der Waals surface area contributed by atoms with Crippen molar-refractivity contribution in [3.05, 3.63) is 71.8 Å². The molecule has 2 amide bonds. The number of amides is 2. The molecule has 0 fully saturated rings. The number of nitrogens with zero attached hydrogens (tertiary/aromatic N) is 2. The fourth-order valence-electron chi connectivity index (χ4n) is 3.41. The Hall–Kier alpha value is -3.98. The van der Waals surface area contributed by atoms with Gasteiger partial charge in [0.25, 0.3) is 0 Å². The van der Waals surface area contributed by atoms with Crippen molar-refractivity contribution in [3.8, 4) is 11.1 Å². The van der Waals surface area contributed by atoms with Crippen molar-refractivity contribution < 1.29 is 13.6 Å². The van der Waals surface area contributed by atoms with Crippen molar-refractivity contribution in [3.63, 3.8) is 0 Å². The molecule has 1 aromatic heterocycles. The number of halogens is 2. The highest BCUT2D eigenvalue weighted by atomic mass is 19.1. The highest BCUT2D eigenvalue weighted by molar-refractivity contribution is 6.03. The van der Waals surface area contributed by atoms with Crippen LogP contribution < -0.4 is 22.1 Å². The lowest BCUT2D eigenvalue weighted by atomic mass is 10.00. The number of hydrogen-bond acceptors (Lipinski definition) is 4. The molecule has 0 unspecified atom stereocenters. The average molecular weight is 408 g/mol. The van der Waals surface area contributed by atoms with E-state index < -0.39 is 17.7 Å². The number of primary amides is 1. The average Bonchev–Trinajstić information content (AvgIpc) is 3.11. The maximum atomic E-state index is 14.6. The van der Waals surface area contributed by atoms with E-state index >= 15 is 0 Å². The number of nitrogens with two attached hydrogens (primary N) is 3. The van der Waals surface area contributed by atoms with Crippen LogP contribution in [0.3, 0.4) is 0 Å². The minimum Gasteiger partial charge on any atom is -0.382 e. The number of hydrogen-bond donors (Lipinski definition) is 4. The SMILES string of the molecule is NCc1ccc(F)c(N(C(N)=O)c2ccc(-c3c(F)ccc4[nH]nc(N)c34)cc2)c1. The maximum Gasteiger partial charge on any atom is 0.323 e. The first-order chi connectivity index (χ1) is 14.4. The monoisotopic (exact) mass is 408 g/mol. The Morgan fingerprint density at radius 3 is 2.40 bits per heavy atom. The number of carbonyl (C=O) groups excluding carboxylic acids is 1. The largest absolute Gasteiger partial charge is 0.382 e. The van der Waals surface area contributed by atoms with Gasteiger partial charge in [-0.25, -0.2) is 13.6 Å². The van der Waals surface area contributed by atoms with Gasteiger partial charge in [-0.15, -0.1) is 0 Å². The lowest BCUT2D eigenvalue weighted by Gasteiger charge is -2.22. The molecule has 0 aliphatic rings. The van der Waals surface area contributed by atoms with Crippen molar-refractivity contribution >= 4 is 34.1 Å². The van der Waals surface area contributed by atoms with E-state index in [1.165, 1.54) is 24.3 Å². The lowest BCUT2D eigenvalue weighted by Crippen LogP contribution is -2.32. The number of aromatic amines is 1. The molecule has 0 bridgehead atoms. The predicted molar refractivity (Wildman–Crippen MR) is 112 cm³/mol. The van der Waals surface area contributed by atoms with Gasteiger partial charge in [0.05, 0.1) is 22.3 Å². The summed E-state index contributed by atoms with van der Waals surface area (Å²) < 4.78 is 29.0. The van der Waals surface area contributed by atoms with Crippen molar-refractivity contribution in [1.82, 2.24) is 10.2 Å². The topological polar surface area (TPSA) is 127 Å². The molecule has 4 rings (SSSR count). The minimum atomic E-state index is -0.872. The number of nitrogen functional groups attached to an aromatic ring is 1. The molecule has 0 saturated heterocycles. The van der Waals surface area contributed by atoms with Gasteiger partial charge in [0.2, 0.25) is 0 Å². The van der Waals surface area contributed by atoms with Gasteiger partial charge < -0.3 is 17.2 Å². The van der Waals surface area contributed by atoms with Crippen LogP contribution in [0, 0.1) is 11.6 Å². The molecule has 152 valence electrons. The van der Waals surface area contributed by atoms with Crippen molar-refractivity contribution in [2.24, 2.45) is 11.5 Å². The van der Waals surface area contributed by atoms with E-state index in [-0.39, 0.29) is 23.6 Å². The summed E-state index contributed by atoms with van der Waals surface area (Å²) in [5, 5.41) is 7.12. The lowest BCUT2D eigenvalue weighted by molar-refractivity contribution is 0.256. The molecule has 0 radical (unpaired) electrons. The number of benzene rings is 3. The van der Waals surface area contributed by atoms with Crippen molar-refractivity contribution in [2.75, 3.05) is 10.6 Å².